The molecule has 2 aliphatic rings. The Balaban J connectivity index is 1.74. The second kappa shape index (κ2) is 8.02. The van der Waals surface area contributed by atoms with E-state index in [1.165, 1.54) is 0 Å². The fourth-order valence-corrected chi connectivity index (χ4v) is 3.93. The van der Waals surface area contributed by atoms with Crippen LogP contribution in [0.5, 0.6) is 0 Å². The maximum absolute atomic E-state index is 13.3. The van der Waals surface area contributed by atoms with Crippen LogP contribution < -0.4 is 0 Å². The summed E-state index contributed by atoms with van der Waals surface area (Å²) < 4.78 is 43.5. The first-order chi connectivity index (χ1) is 10.1. The Labute approximate surface area is 125 Å². The average molecular weight is 302 g/mol. The maximum atomic E-state index is 13.3. The quantitative estimate of drug-likeness (QED) is 0.598. The van der Waals surface area contributed by atoms with Crippen LogP contribution in [-0.4, -0.2) is 12.7 Å². The van der Waals surface area contributed by atoms with Gasteiger partial charge in [-0.1, -0.05) is 6.08 Å². The molecule has 0 aromatic carbocycles. The van der Waals surface area contributed by atoms with Gasteiger partial charge in [0, 0.05) is 5.92 Å². The minimum atomic E-state index is -2.13. The fourth-order valence-electron chi connectivity index (χ4n) is 3.93. The molecule has 21 heavy (non-hydrogen) atoms. The third kappa shape index (κ3) is 4.60. The summed E-state index contributed by atoms with van der Waals surface area (Å²) in [5.41, 5.74) is 0. The molecule has 0 bridgehead atoms. The molecule has 0 aliphatic heterocycles. The van der Waals surface area contributed by atoms with Crippen LogP contribution >= 0.6 is 0 Å². The minimum Gasteiger partial charge on any atom is -0.374 e. The normalized spacial score (nSPS) is 33.5. The van der Waals surface area contributed by atoms with Gasteiger partial charge in [0.1, 0.15) is 0 Å². The van der Waals surface area contributed by atoms with Crippen molar-refractivity contribution in [2.75, 3.05) is 6.61 Å². The zero-order chi connectivity index (χ0) is 15.2. The molecular weight excluding hydrogens is 277 g/mol. The van der Waals surface area contributed by atoms with Gasteiger partial charge in [-0.2, -0.15) is 8.78 Å². The van der Waals surface area contributed by atoms with E-state index in [0.717, 1.165) is 38.5 Å². The van der Waals surface area contributed by atoms with E-state index >= 15 is 0 Å². The van der Waals surface area contributed by atoms with Crippen LogP contribution in [0.25, 0.3) is 0 Å². The van der Waals surface area contributed by atoms with E-state index in [4.69, 9.17) is 4.74 Å². The SMILES string of the molecule is C=CCOC1CCC(C2CCC(C(F)=C(F)F)CC2)CC1. The molecule has 0 radical (unpaired) electrons. The Bertz CT molecular complexity index is 360. The first-order valence-electron chi connectivity index (χ1n) is 8.05. The fraction of sp³-hybridized carbons (Fsp3) is 0.765. The highest BCUT2D eigenvalue weighted by atomic mass is 19.3. The Kier molecular flexibility index (Phi) is 6.34. The van der Waals surface area contributed by atoms with Crippen molar-refractivity contribution in [3.63, 3.8) is 0 Å². The van der Waals surface area contributed by atoms with Gasteiger partial charge in [0.25, 0.3) is 0 Å². The van der Waals surface area contributed by atoms with Gasteiger partial charge in [0.15, 0.2) is 5.83 Å². The van der Waals surface area contributed by atoms with Gasteiger partial charge in [-0.15, -0.1) is 6.58 Å². The topological polar surface area (TPSA) is 9.23 Å². The van der Waals surface area contributed by atoms with Crippen LogP contribution in [0.4, 0.5) is 13.2 Å². The summed E-state index contributed by atoms with van der Waals surface area (Å²) in [6.07, 6.45) is 7.34. The molecule has 0 unspecified atom stereocenters. The Hall–Kier alpha value is -0.770. The third-order valence-electron chi connectivity index (χ3n) is 5.15. The predicted molar refractivity (Wildman–Crippen MR) is 77.7 cm³/mol. The molecule has 0 heterocycles. The van der Waals surface area contributed by atoms with Gasteiger partial charge in [-0.3, -0.25) is 0 Å². The molecule has 0 aromatic rings. The molecule has 0 spiro atoms. The summed E-state index contributed by atoms with van der Waals surface area (Å²) in [5, 5.41) is 0. The number of ether oxygens (including phenoxy) is 1. The van der Waals surface area contributed by atoms with Crippen LogP contribution in [0.3, 0.4) is 0 Å². The molecule has 0 amide bonds. The van der Waals surface area contributed by atoms with Gasteiger partial charge in [-0.25, -0.2) is 4.39 Å². The van der Waals surface area contributed by atoms with Crippen LogP contribution in [0.2, 0.25) is 0 Å². The Morgan fingerprint density at radius 3 is 1.90 bits per heavy atom. The lowest BCUT2D eigenvalue weighted by Gasteiger charge is -2.37. The summed E-state index contributed by atoms with van der Waals surface area (Å²) in [6.45, 7) is 4.27. The highest BCUT2D eigenvalue weighted by Crippen LogP contribution is 2.42. The van der Waals surface area contributed by atoms with Crippen molar-refractivity contribution in [1.29, 1.82) is 0 Å². The number of hydrogen-bond acceptors (Lipinski definition) is 1. The molecule has 2 rings (SSSR count). The van der Waals surface area contributed by atoms with Gasteiger partial charge < -0.3 is 4.74 Å². The highest BCUT2D eigenvalue weighted by molar-refractivity contribution is 5.00. The molecule has 0 atom stereocenters. The van der Waals surface area contributed by atoms with Crippen molar-refractivity contribution in [1.82, 2.24) is 0 Å². The molecule has 120 valence electrons. The monoisotopic (exact) mass is 302 g/mol. The van der Waals surface area contributed by atoms with E-state index in [-0.39, 0.29) is 0 Å². The Morgan fingerprint density at radius 2 is 1.43 bits per heavy atom. The zero-order valence-electron chi connectivity index (χ0n) is 12.5. The summed E-state index contributed by atoms with van der Waals surface area (Å²) in [7, 11) is 0. The van der Waals surface area contributed by atoms with E-state index in [1.54, 1.807) is 6.08 Å². The zero-order valence-corrected chi connectivity index (χ0v) is 12.5. The molecular formula is C17H25F3O. The van der Waals surface area contributed by atoms with Crippen molar-refractivity contribution < 1.29 is 17.9 Å². The lowest BCUT2D eigenvalue weighted by molar-refractivity contribution is 0.0214. The van der Waals surface area contributed by atoms with Crippen molar-refractivity contribution >= 4 is 0 Å². The van der Waals surface area contributed by atoms with E-state index in [2.05, 4.69) is 6.58 Å². The van der Waals surface area contributed by atoms with Crippen LogP contribution in [0, 0.1) is 17.8 Å². The number of allylic oxidation sites excluding steroid dienone is 1. The van der Waals surface area contributed by atoms with Crippen molar-refractivity contribution in [3.05, 3.63) is 24.6 Å². The lowest BCUT2D eigenvalue weighted by atomic mass is 9.70. The molecule has 0 aromatic heterocycles. The van der Waals surface area contributed by atoms with Crippen LogP contribution in [-0.2, 0) is 4.74 Å². The first kappa shape index (κ1) is 16.6. The van der Waals surface area contributed by atoms with Crippen molar-refractivity contribution in [3.8, 4) is 0 Å². The first-order valence-corrected chi connectivity index (χ1v) is 8.05. The third-order valence-corrected chi connectivity index (χ3v) is 5.15. The highest BCUT2D eigenvalue weighted by Gasteiger charge is 2.33. The number of halogens is 3. The van der Waals surface area contributed by atoms with Crippen molar-refractivity contribution in [2.24, 2.45) is 17.8 Å². The molecule has 1 nitrogen and oxygen atoms in total. The summed E-state index contributed by atoms with van der Waals surface area (Å²) in [4.78, 5) is 0. The largest absolute Gasteiger partial charge is 0.374 e. The van der Waals surface area contributed by atoms with Crippen molar-refractivity contribution in [2.45, 2.75) is 57.5 Å². The van der Waals surface area contributed by atoms with Gasteiger partial charge in [0.05, 0.1) is 12.7 Å². The summed E-state index contributed by atoms with van der Waals surface area (Å²) >= 11 is 0. The van der Waals surface area contributed by atoms with E-state index in [0.29, 0.717) is 37.4 Å². The molecule has 2 fully saturated rings. The van der Waals surface area contributed by atoms with E-state index < -0.39 is 17.8 Å². The summed E-state index contributed by atoms with van der Waals surface area (Å²) in [5.74, 6) is -0.470. The average Bonchev–Trinajstić information content (AvgIpc) is 2.53. The van der Waals surface area contributed by atoms with Gasteiger partial charge in [-0.05, 0) is 63.2 Å². The lowest BCUT2D eigenvalue weighted by Crippen LogP contribution is -2.28. The van der Waals surface area contributed by atoms with E-state index in [9.17, 15) is 13.2 Å². The second-order valence-corrected chi connectivity index (χ2v) is 6.38. The Morgan fingerprint density at radius 1 is 0.905 bits per heavy atom. The summed E-state index contributed by atoms with van der Waals surface area (Å²) in [6, 6.07) is 0. The van der Waals surface area contributed by atoms with Gasteiger partial charge in [0.2, 0.25) is 0 Å². The molecule has 0 N–H and O–H groups in total. The molecule has 4 heteroatoms. The minimum absolute atomic E-state index is 0.344. The molecule has 2 saturated carbocycles. The number of rotatable bonds is 5. The maximum Gasteiger partial charge on any atom is 0.301 e. The predicted octanol–water partition coefficient (Wildman–Crippen LogP) is 5.63. The van der Waals surface area contributed by atoms with Crippen LogP contribution in [0.1, 0.15) is 51.4 Å². The van der Waals surface area contributed by atoms with Crippen LogP contribution in [0.15, 0.2) is 24.6 Å². The molecule has 2 aliphatic carbocycles. The number of hydrogen-bond donors (Lipinski definition) is 0. The smallest absolute Gasteiger partial charge is 0.301 e. The second-order valence-electron chi connectivity index (χ2n) is 6.38. The molecule has 0 saturated heterocycles. The van der Waals surface area contributed by atoms with E-state index in [1.807, 2.05) is 0 Å². The standard InChI is InChI=1S/C17H25F3O/c1-2-11-21-15-9-7-13(8-10-15)12-3-5-14(6-4-12)16(18)17(19)20/h2,12-15H,1,3-11H2. The van der Waals surface area contributed by atoms with Gasteiger partial charge >= 0.3 is 6.08 Å².